The summed E-state index contributed by atoms with van der Waals surface area (Å²) in [5, 5.41) is 5.68. The lowest BCUT2D eigenvalue weighted by Gasteiger charge is -2.15. The number of benzene rings is 3. The van der Waals surface area contributed by atoms with Gasteiger partial charge in [-0.25, -0.2) is 4.90 Å². The number of hydrogen-bond donors (Lipinski definition) is 2. The summed E-state index contributed by atoms with van der Waals surface area (Å²) >= 11 is 6.22. The normalized spacial score (nSPS) is 13.4. The first-order chi connectivity index (χ1) is 16.4. The third kappa shape index (κ3) is 4.58. The van der Waals surface area contributed by atoms with Crippen molar-refractivity contribution in [3.8, 4) is 0 Å². The first-order valence-corrected chi connectivity index (χ1v) is 11.4. The van der Waals surface area contributed by atoms with E-state index in [0.29, 0.717) is 16.9 Å². The average Bonchev–Trinajstić information content (AvgIpc) is 3.07. The van der Waals surface area contributed by atoms with Gasteiger partial charge in [-0.15, -0.1) is 0 Å². The van der Waals surface area contributed by atoms with Crippen LogP contribution in [0.5, 0.6) is 0 Å². The number of carbonyl (C=O) groups excluding carboxylic acids is 3. The minimum Gasteiger partial charge on any atom is -0.350 e. The third-order valence-electron chi connectivity index (χ3n) is 5.69. The summed E-state index contributed by atoms with van der Waals surface area (Å²) < 4.78 is 0. The summed E-state index contributed by atoms with van der Waals surface area (Å²) in [6.45, 7) is 4.06. The van der Waals surface area contributed by atoms with E-state index >= 15 is 0 Å². The van der Waals surface area contributed by atoms with E-state index in [1.54, 1.807) is 36.4 Å². The summed E-state index contributed by atoms with van der Waals surface area (Å²) in [7, 11) is 0. The highest BCUT2D eigenvalue weighted by molar-refractivity contribution is 6.53. The van der Waals surface area contributed by atoms with Crippen LogP contribution in [0.25, 0.3) is 0 Å². The molecule has 0 atom stereocenters. The first kappa shape index (κ1) is 23.3. The minimum absolute atomic E-state index is 0.000286. The van der Waals surface area contributed by atoms with Crippen LogP contribution in [0.2, 0.25) is 0 Å². The van der Waals surface area contributed by atoms with Crippen LogP contribution in [-0.2, 0) is 22.4 Å². The van der Waals surface area contributed by atoms with E-state index in [9.17, 15) is 14.4 Å². The van der Waals surface area contributed by atoms with Gasteiger partial charge in [-0.3, -0.25) is 14.4 Å². The van der Waals surface area contributed by atoms with E-state index < -0.39 is 11.8 Å². The molecule has 1 aliphatic heterocycles. The molecule has 0 saturated carbocycles. The quantitative estimate of drug-likeness (QED) is 0.444. The molecule has 0 bridgehead atoms. The zero-order valence-electron chi connectivity index (χ0n) is 18.9. The average molecular weight is 474 g/mol. The Bertz CT molecular complexity index is 1280. The number of carbonyl (C=O) groups is 3. The predicted molar refractivity (Wildman–Crippen MR) is 135 cm³/mol. The molecule has 0 aliphatic carbocycles. The lowest BCUT2D eigenvalue weighted by Crippen LogP contribution is -2.32. The van der Waals surface area contributed by atoms with Gasteiger partial charge in [0.15, 0.2) is 0 Å². The Morgan fingerprint density at radius 1 is 0.853 bits per heavy atom. The zero-order valence-corrected chi connectivity index (χ0v) is 19.6. The Kier molecular flexibility index (Phi) is 6.80. The van der Waals surface area contributed by atoms with Gasteiger partial charge in [0, 0.05) is 16.9 Å². The fourth-order valence-corrected chi connectivity index (χ4v) is 3.93. The molecule has 172 valence electrons. The Morgan fingerprint density at radius 3 is 2.18 bits per heavy atom. The van der Waals surface area contributed by atoms with Crippen molar-refractivity contribution in [3.05, 3.63) is 100 Å². The molecular weight excluding hydrogens is 450 g/mol. The number of rotatable bonds is 7. The van der Waals surface area contributed by atoms with Crippen LogP contribution in [0, 0.1) is 0 Å². The number of anilines is 3. The molecule has 3 aromatic rings. The summed E-state index contributed by atoms with van der Waals surface area (Å²) in [5.41, 5.74) is 4.38. The zero-order chi connectivity index (χ0) is 24.2. The van der Waals surface area contributed by atoms with E-state index in [-0.39, 0.29) is 16.6 Å². The van der Waals surface area contributed by atoms with Crippen LogP contribution in [0.15, 0.2) is 83.5 Å². The van der Waals surface area contributed by atoms with Crippen LogP contribution >= 0.6 is 11.6 Å². The minimum atomic E-state index is -0.580. The molecule has 7 heteroatoms. The van der Waals surface area contributed by atoms with Gasteiger partial charge in [0.05, 0.1) is 5.69 Å². The molecule has 0 radical (unpaired) electrons. The molecule has 3 aromatic carbocycles. The second-order valence-corrected chi connectivity index (χ2v) is 8.20. The maximum atomic E-state index is 13.0. The van der Waals surface area contributed by atoms with Crippen molar-refractivity contribution in [2.24, 2.45) is 0 Å². The molecule has 0 spiro atoms. The summed E-state index contributed by atoms with van der Waals surface area (Å²) in [5.74, 6) is -1.35. The van der Waals surface area contributed by atoms with Crippen molar-refractivity contribution >= 4 is 46.4 Å². The highest BCUT2D eigenvalue weighted by atomic mass is 35.5. The van der Waals surface area contributed by atoms with E-state index in [2.05, 4.69) is 10.6 Å². The van der Waals surface area contributed by atoms with Gasteiger partial charge in [-0.1, -0.05) is 55.8 Å². The van der Waals surface area contributed by atoms with Gasteiger partial charge in [0.25, 0.3) is 17.7 Å². The molecule has 2 N–H and O–H groups in total. The molecule has 34 heavy (non-hydrogen) atoms. The third-order valence-corrected chi connectivity index (χ3v) is 6.04. The van der Waals surface area contributed by atoms with Gasteiger partial charge >= 0.3 is 0 Å². The summed E-state index contributed by atoms with van der Waals surface area (Å²) in [6.07, 6.45) is 1.66. The fourth-order valence-electron chi connectivity index (χ4n) is 3.72. The Hall–Kier alpha value is -3.90. The van der Waals surface area contributed by atoms with Crippen molar-refractivity contribution in [3.63, 3.8) is 0 Å². The van der Waals surface area contributed by atoms with E-state index in [1.165, 1.54) is 0 Å². The Balaban J connectivity index is 1.47. The lowest BCUT2D eigenvalue weighted by molar-refractivity contribution is -0.120. The molecule has 4 rings (SSSR count). The second-order valence-electron chi connectivity index (χ2n) is 7.82. The van der Waals surface area contributed by atoms with E-state index in [1.807, 2.05) is 50.2 Å². The number of nitrogens with one attached hydrogen (secondary N) is 2. The van der Waals surface area contributed by atoms with Crippen molar-refractivity contribution in [2.45, 2.75) is 26.7 Å². The number of nitrogens with zero attached hydrogens (tertiary/aromatic N) is 1. The summed E-state index contributed by atoms with van der Waals surface area (Å²) in [4.78, 5) is 39.3. The van der Waals surface area contributed by atoms with Gasteiger partial charge in [-0.2, -0.15) is 0 Å². The van der Waals surface area contributed by atoms with E-state index in [4.69, 9.17) is 11.6 Å². The van der Waals surface area contributed by atoms with Crippen LogP contribution in [0.1, 0.15) is 35.3 Å². The monoisotopic (exact) mass is 473 g/mol. The number of para-hydroxylation sites is 1. The van der Waals surface area contributed by atoms with Crippen molar-refractivity contribution in [1.82, 2.24) is 0 Å². The Labute approximate surface area is 203 Å². The number of imide groups is 1. The molecule has 0 saturated heterocycles. The highest BCUT2D eigenvalue weighted by Gasteiger charge is 2.38. The number of halogens is 1. The molecule has 1 aliphatic rings. The smallest absolute Gasteiger partial charge is 0.283 e. The van der Waals surface area contributed by atoms with Gasteiger partial charge in [0.2, 0.25) is 0 Å². The molecule has 0 aromatic heterocycles. The molecule has 3 amide bonds. The maximum absolute atomic E-state index is 13.0. The Morgan fingerprint density at radius 2 is 1.53 bits per heavy atom. The highest BCUT2D eigenvalue weighted by Crippen LogP contribution is 2.30. The topological polar surface area (TPSA) is 78.5 Å². The van der Waals surface area contributed by atoms with Gasteiger partial charge in [-0.05, 0) is 66.4 Å². The molecular formula is C27H24ClN3O3. The summed E-state index contributed by atoms with van der Waals surface area (Å²) in [6, 6.07) is 21.5. The predicted octanol–water partition coefficient (Wildman–Crippen LogP) is 5.50. The van der Waals surface area contributed by atoms with Crippen molar-refractivity contribution < 1.29 is 14.4 Å². The molecule has 1 heterocycles. The second kappa shape index (κ2) is 9.93. The van der Waals surface area contributed by atoms with Gasteiger partial charge in [0.1, 0.15) is 10.7 Å². The molecule has 0 fully saturated rings. The largest absolute Gasteiger partial charge is 0.350 e. The van der Waals surface area contributed by atoms with Crippen molar-refractivity contribution in [2.75, 3.05) is 15.5 Å². The van der Waals surface area contributed by atoms with Gasteiger partial charge < -0.3 is 10.6 Å². The SMILES string of the molecule is CCc1ccc(N2C(=O)C(Cl)=C(Nc3ccc(C(=O)Nc4ccccc4CC)cc3)C2=O)cc1. The first-order valence-electron chi connectivity index (χ1n) is 11.1. The van der Waals surface area contributed by atoms with E-state index in [0.717, 1.165) is 34.6 Å². The fraction of sp³-hybridized carbons (Fsp3) is 0.148. The van der Waals surface area contributed by atoms with Crippen molar-refractivity contribution in [1.29, 1.82) is 0 Å². The van der Waals surface area contributed by atoms with Crippen LogP contribution in [-0.4, -0.2) is 17.7 Å². The van der Waals surface area contributed by atoms with Crippen LogP contribution in [0.4, 0.5) is 17.1 Å². The number of aryl methyl sites for hydroxylation is 2. The maximum Gasteiger partial charge on any atom is 0.283 e. The molecule has 0 unspecified atom stereocenters. The number of amides is 3. The standard InChI is InChI=1S/C27H24ClN3O3/c1-3-17-9-15-21(16-10-17)31-26(33)23(28)24(27(31)34)29-20-13-11-19(12-14-20)25(32)30-22-8-6-5-7-18(22)4-2/h5-16,29H,3-4H2,1-2H3,(H,30,32). The molecule has 6 nitrogen and oxygen atoms in total. The van der Waals surface area contributed by atoms with Crippen LogP contribution in [0.3, 0.4) is 0 Å². The number of hydrogen-bond acceptors (Lipinski definition) is 4. The van der Waals surface area contributed by atoms with Crippen LogP contribution < -0.4 is 15.5 Å². The lowest BCUT2D eigenvalue weighted by atomic mass is 10.1.